The fourth-order valence-electron chi connectivity index (χ4n) is 5.42. The predicted octanol–water partition coefficient (Wildman–Crippen LogP) is 5.31. The molecular formula is C30H37N7O3S. The van der Waals surface area contributed by atoms with Crippen molar-refractivity contribution in [2.24, 2.45) is 5.73 Å². The molecule has 1 atom stereocenters. The lowest BCUT2D eigenvalue weighted by Crippen LogP contribution is -2.37. The summed E-state index contributed by atoms with van der Waals surface area (Å²) in [6.45, 7) is 12.6. The van der Waals surface area contributed by atoms with Gasteiger partial charge in [-0.1, -0.05) is 13.8 Å². The van der Waals surface area contributed by atoms with Gasteiger partial charge < -0.3 is 25.4 Å². The highest BCUT2D eigenvalue weighted by Gasteiger charge is 2.27. The molecule has 1 fully saturated rings. The molecule has 10 nitrogen and oxygen atoms in total. The molecule has 0 bridgehead atoms. The van der Waals surface area contributed by atoms with Gasteiger partial charge in [-0.15, -0.1) is 11.3 Å². The van der Waals surface area contributed by atoms with E-state index in [4.69, 9.17) is 20.2 Å². The number of fused-ring (bicyclic) bond motifs is 1. The number of pyridine rings is 1. The van der Waals surface area contributed by atoms with Crippen LogP contribution in [0.1, 0.15) is 43.8 Å². The number of hydrogen-bond acceptors (Lipinski definition) is 10. The van der Waals surface area contributed by atoms with E-state index in [1.807, 2.05) is 26.0 Å². The summed E-state index contributed by atoms with van der Waals surface area (Å²) in [6.07, 6.45) is 4.46. The molecule has 0 spiro atoms. The fourth-order valence-corrected chi connectivity index (χ4v) is 6.40. The zero-order valence-electron chi connectivity index (χ0n) is 24.2. The van der Waals surface area contributed by atoms with Crippen LogP contribution in [0.25, 0.3) is 21.3 Å². The van der Waals surface area contributed by atoms with E-state index < -0.39 is 5.91 Å². The minimum Gasteiger partial charge on any atom is -0.489 e. The monoisotopic (exact) mass is 575 g/mol. The van der Waals surface area contributed by atoms with Crippen LogP contribution in [0.2, 0.25) is 0 Å². The average molecular weight is 576 g/mol. The van der Waals surface area contributed by atoms with Crippen molar-refractivity contribution >= 4 is 44.8 Å². The summed E-state index contributed by atoms with van der Waals surface area (Å²) < 4.78 is 12.5. The van der Waals surface area contributed by atoms with Crippen molar-refractivity contribution in [3.63, 3.8) is 0 Å². The Morgan fingerprint density at radius 2 is 2.05 bits per heavy atom. The number of nitrogens with one attached hydrogen (secondary N) is 1. The van der Waals surface area contributed by atoms with Crippen molar-refractivity contribution in [2.45, 2.75) is 46.3 Å². The molecule has 11 heteroatoms. The number of thiophene rings is 1. The second-order valence-electron chi connectivity index (χ2n) is 10.2. The van der Waals surface area contributed by atoms with Gasteiger partial charge in [0.05, 0.1) is 35.3 Å². The second-order valence-corrected chi connectivity index (χ2v) is 11.3. The van der Waals surface area contributed by atoms with Crippen molar-refractivity contribution in [1.29, 1.82) is 0 Å². The molecule has 4 aromatic rings. The quantitative estimate of drug-likeness (QED) is 0.245. The third-order valence-corrected chi connectivity index (χ3v) is 8.45. The number of anilines is 3. The van der Waals surface area contributed by atoms with Gasteiger partial charge in [-0.2, -0.15) is 0 Å². The van der Waals surface area contributed by atoms with Gasteiger partial charge in [0.15, 0.2) is 0 Å². The van der Waals surface area contributed by atoms with E-state index >= 15 is 0 Å². The number of likely N-dealkylation sites (N-methyl/N-ethyl adjacent to an activating group) is 1. The number of nitrogens with two attached hydrogens (primary N) is 1. The summed E-state index contributed by atoms with van der Waals surface area (Å²) in [5, 5.41) is 3.35. The standard InChI is InChI=1S/C30H37N7O3S/c1-6-36(7-2)20-12-14-37(17-20)19-10-11-22(23(15-19)40-18(3)4)34-30-33-16-24-26(35-30)25(27(41-24)28(31)38)21-9-8-13-32-29(21)39-5/h8-11,13,15-16,18,20H,6-7,12,14,17H2,1-5H3,(H2,31,38)(H,33,34,35). The van der Waals surface area contributed by atoms with Gasteiger partial charge in [-0.3, -0.25) is 9.69 Å². The topological polar surface area (TPSA) is 119 Å². The molecule has 1 unspecified atom stereocenters. The second kappa shape index (κ2) is 12.3. The Kier molecular flexibility index (Phi) is 8.55. The average Bonchev–Trinajstić information content (AvgIpc) is 3.60. The smallest absolute Gasteiger partial charge is 0.259 e. The number of methoxy groups -OCH3 is 1. The lowest BCUT2D eigenvalue weighted by atomic mass is 10.1. The Hall–Kier alpha value is -3.96. The number of aromatic nitrogens is 3. The number of amides is 1. The molecule has 0 radical (unpaired) electrons. The minimum absolute atomic E-state index is 0.0177. The number of benzene rings is 1. The zero-order chi connectivity index (χ0) is 29.1. The number of nitrogens with zero attached hydrogens (tertiary/aromatic N) is 5. The molecule has 3 N–H and O–H groups in total. The molecule has 1 aliphatic heterocycles. The summed E-state index contributed by atoms with van der Waals surface area (Å²) in [7, 11) is 1.54. The van der Waals surface area contributed by atoms with Crippen molar-refractivity contribution in [3.8, 4) is 22.8 Å². The normalized spacial score (nSPS) is 15.2. The molecule has 3 aromatic heterocycles. The van der Waals surface area contributed by atoms with Crippen LogP contribution in [0.5, 0.6) is 11.6 Å². The Bertz CT molecular complexity index is 1540. The molecule has 5 rings (SSSR count). The number of ether oxygens (including phenoxy) is 2. The predicted molar refractivity (Wildman–Crippen MR) is 165 cm³/mol. The summed E-state index contributed by atoms with van der Waals surface area (Å²) in [4.78, 5) is 31.4. The number of primary amides is 1. The molecule has 1 aliphatic rings. The third kappa shape index (κ3) is 5.91. The van der Waals surface area contributed by atoms with E-state index in [1.165, 1.54) is 18.4 Å². The van der Waals surface area contributed by atoms with Crippen LogP contribution < -0.4 is 25.4 Å². The summed E-state index contributed by atoms with van der Waals surface area (Å²) >= 11 is 1.25. The van der Waals surface area contributed by atoms with Crippen LogP contribution in [0.3, 0.4) is 0 Å². The Labute approximate surface area is 244 Å². The van der Waals surface area contributed by atoms with Crippen LogP contribution in [-0.2, 0) is 0 Å². The SMILES string of the molecule is CCN(CC)C1CCN(c2ccc(Nc3ncc4sc(C(N)=O)c(-c5cccnc5OC)c4n3)c(OC(C)C)c2)C1. The van der Waals surface area contributed by atoms with Crippen molar-refractivity contribution in [1.82, 2.24) is 19.9 Å². The lowest BCUT2D eigenvalue weighted by Gasteiger charge is -2.27. The third-order valence-electron chi connectivity index (χ3n) is 7.32. The lowest BCUT2D eigenvalue weighted by molar-refractivity contribution is 0.100. The molecule has 1 aromatic carbocycles. The van der Waals surface area contributed by atoms with Gasteiger partial charge in [0.25, 0.3) is 5.91 Å². The highest BCUT2D eigenvalue weighted by Crippen LogP contribution is 2.41. The molecule has 0 aliphatic carbocycles. The maximum atomic E-state index is 12.4. The highest BCUT2D eigenvalue weighted by molar-refractivity contribution is 7.21. The van der Waals surface area contributed by atoms with E-state index in [9.17, 15) is 4.79 Å². The van der Waals surface area contributed by atoms with E-state index in [2.05, 4.69) is 51.1 Å². The van der Waals surface area contributed by atoms with Gasteiger partial charge in [0, 0.05) is 48.2 Å². The van der Waals surface area contributed by atoms with Gasteiger partial charge in [-0.25, -0.2) is 15.0 Å². The largest absolute Gasteiger partial charge is 0.489 e. The van der Waals surface area contributed by atoms with Crippen LogP contribution in [0.4, 0.5) is 17.3 Å². The van der Waals surface area contributed by atoms with Crippen molar-refractivity contribution < 1.29 is 14.3 Å². The van der Waals surface area contributed by atoms with Crippen LogP contribution >= 0.6 is 11.3 Å². The van der Waals surface area contributed by atoms with Gasteiger partial charge in [-0.05, 0) is 57.6 Å². The maximum absolute atomic E-state index is 12.4. The van der Waals surface area contributed by atoms with Gasteiger partial charge in [0.1, 0.15) is 10.6 Å². The summed E-state index contributed by atoms with van der Waals surface area (Å²) in [5.41, 5.74) is 9.47. The van der Waals surface area contributed by atoms with E-state index in [0.29, 0.717) is 39.4 Å². The van der Waals surface area contributed by atoms with Crippen LogP contribution in [0.15, 0.2) is 42.7 Å². The first-order valence-corrected chi connectivity index (χ1v) is 14.8. The first-order chi connectivity index (χ1) is 19.8. The van der Waals surface area contributed by atoms with Crippen molar-refractivity contribution in [2.75, 3.05) is 43.5 Å². The van der Waals surface area contributed by atoms with Gasteiger partial charge in [0.2, 0.25) is 11.8 Å². The number of carbonyl (C=O) groups is 1. The summed E-state index contributed by atoms with van der Waals surface area (Å²) in [5.74, 6) is 0.942. The molecule has 0 saturated carbocycles. The van der Waals surface area contributed by atoms with E-state index in [-0.39, 0.29) is 6.10 Å². The number of hydrogen-bond donors (Lipinski definition) is 2. The fraction of sp³-hybridized carbons (Fsp3) is 0.400. The Morgan fingerprint density at radius 1 is 1.24 bits per heavy atom. The molecular weight excluding hydrogens is 538 g/mol. The van der Waals surface area contributed by atoms with Gasteiger partial charge >= 0.3 is 0 Å². The highest BCUT2D eigenvalue weighted by atomic mass is 32.1. The number of carbonyl (C=O) groups excluding carboxylic acids is 1. The Morgan fingerprint density at radius 3 is 2.76 bits per heavy atom. The Balaban J connectivity index is 1.49. The maximum Gasteiger partial charge on any atom is 0.259 e. The first kappa shape index (κ1) is 28.6. The number of rotatable bonds is 11. The molecule has 1 amide bonds. The van der Waals surface area contributed by atoms with Crippen LogP contribution in [0, 0.1) is 0 Å². The molecule has 1 saturated heterocycles. The zero-order valence-corrected chi connectivity index (χ0v) is 25.0. The van der Waals surface area contributed by atoms with E-state index in [0.717, 1.165) is 54.4 Å². The van der Waals surface area contributed by atoms with E-state index in [1.54, 1.807) is 18.5 Å². The first-order valence-electron chi connectivity index (χ1n) is 14.0. The van der Waals surface area contributed by atoms with Crippen molar-refractivity contribution in [3.05, 3.63) is 47.6 Å². The summed E-state index contributed by atoms with van der Waals surface area (Å²) in [6, 6.07) is 10.4. The van der Waals surface area contributed by atoms with Crippen LogP contribution in [-0.4, -0.2) is 71.2 Å². The minimum atomic E-state index is -0.545. The molecule has 216 valence electrons. The molecule has 41 heavy (non-hydrogen) atoms. The molecule has 4 heterocycles.